The van der Waals surface area contributed by atoms with Crippen LogP contribution in [0, 0.1) is 6.92 Å². The van der Waals surface area contributed by atoms with Crippen LogP contribution in [-0.2, 0) is 32.4 Å². The number of thiophene rings is 1. The Balaban J connectivity index is 1.90. The molecule has 1 amide bonds. The summed E-state index contributed by atoms with van der Waals surface area (Å²) in [7, 11) is -2.34. The summed E-state index contributed by atoms with van der Waals surface area (Å²) in [5.74, 6) is -0.692. The zero-order valence-electron chi connectivity index (χ0n) is 18.0. The maximum atomic E-state index is 12.9. The lowest BCUT2D eigenvalue weighted by molar-refractivity contribution is -0.114. The largest absolute Gasteiger partial charge is 0.495 e. The summed E-state index contributed by atoms with van der Waals surface area (Å²) in [6, 6.07) is 5.10. The van der Waals surface area contributed by atoms with Gasteiger partial charge < -0.3 is 14.8 Å². The van der Waals surface area contributed by atoms with Crippen LogP contribution < -0.4 is 14.4 Å². The standard InChI is InChI=1S/C21H26N2O6S2/c1-5-29-21(25)19-14-7-6-8-17(14)30-20(19)22-18(24)12-23(31(4,26)27)15-11-13(2)9-10-16(15)28-3/h9-11H,5-8,12H2,1-4H3,(H,22,24). The zero-order valence-corrected chi connectivity index (χ0v) is 19.6. The van der Waals surface area contributed by atoms with E-state index in [1.807, 2.05) is 6.92 Å². The molecule has 0 atom stereocenters. The van der Waals surface area contributed by atoms with E-state index in [0.717, 1.165) is 45.8 Å². The fraction of sp³-hybridized carbons (Fsp3) is 0.429. The molecule has 3 rings (SSSR count). The van der Waals surface area contributed by atoms with Crippen LogP contribution in [-0.4, -0.2) is 46.8 Å². The smallest absolute Gasteiger partial charge is 0.341 e. The number of methoxy groups -OCH3 is 1. The summed E-state index contributed by atoms with van der Waals surface area (Å²) in [6.45, 7) is 3.32. The number of benzene rings is 1. The Bertz CT molecular complexity index is 1110. The lowest BCUT2D eigenvalue weighted by Gasteiger charge is -2.24. The van der Waals surface area contributed by atoms with E-state index in [4.69, 9.17) is 9.47 Å². The average Bonchev–Trinajstić information content (AvgIpc) is 3.26. The van der Waals surface area contributed by atoms with Gasteiger partial charge in [-0.3, -0.25) is 9.10 Å². The van der Waals surface area contributed by atoms with Gasteiger partial charge in [-0.25, -0.2) is 13.2 Å². The first kappa shape index (κ1) is 23.1. The number of esters is 1. The molecule has 8 nitrogen and oxygen atoms in total. The van der Waals surface area contributed by atoms with Gasteiger partial charge in [-0.2, -0.15) is 0 Å². The highest BCUT2D eigenvalue weighted by molar-refractivity contribution is 7.92. The molecule has 1 heterocycles. The van der Waals surface area contributed by atoms with Crippen LogP contribution in [0.3, 0.4) is 0 Å². The molecule has 1 aliphatic rings. The molecule has 0 bridgehead atoms. The van der Waals surface area contributed by atoms with Gasteiger partial charge in [0.1, 0.15) is 17.3 Å². The molecule has 0 spiro atoms. The number of hydrogen-bond donors (Lipinski definition) is 1. The highest BCUT2D eigenvalue weighted by Gasteiger charge is 2.30. The molecule has 168 valence electrons. The van der Waals surface area contributed by atoms with Gasteiger partial charge in [0.2, 0.25) is 15.9 Å². The van der Waals surface area contributed by atoms with Crippen molar-refractivity contribution in [3.05, 3.63) is 39.8 Å². The molecule has 31 heavy (non-hydrogen) atoms. The van der Waals surface area contributed by atoms with Crippen molar-refractivity contribution in [2.75, 3.05) is 36.1 Å². The van der Waals surface area contributed by atoms with Gasteiger partial charge in [0, 0.05) is 4.88 Å². The van der Waals surface area contributed by atoms with Gasteiger partial charge in [-0.05, 0) is 56.4 Å². The topological polar surface area (TPSA) is 102 Å². The summed E-state index contributed by atoms with van der Waals surface area (Å²) < 4.78 is 36.5. The number of fused-ring (bicyclic) bond motifs is 1. The second-order valence-electron chi connectivity index (χ2n) is 7.28. The Labute approximate surface area is 186 Å². The van der Waals surface area contributed by atoms with Gasteiger partial charge >= 0.3 is 5.97 Å². The summed E-state index contributed by atoms with van der Waals surface area (Å²) in [4.78, 5) is 26.4. The molecular formula is C21H26N2O6S2. The van der Waals surface area contributed by atoms with Crippen molar-refractivity contribution in [2.24, 2.45) is 0 Å². The molecule has 0 unspecified atom stereocenters. The lowest BCUT2D eigenvalue weighted by atomic mass is 10.1. The Morgan fingerprint density at radius 2 is 2.00 bits per heavy atom. The molecule has 1 aromatic heterocycles. The number of carbonyl (C=O) groups is 2. The maximum absolute atomic E-state index is 12.9. The predicted octanol–water partition coefficient (Wildman–Crippen LogP) is 3.14. The molecule has 0 fully saturated rings. The van der Waals surface area contributed by atoms with Gasteiger partial charge in [-0.1, -0.05) is 6.07 Å². The van der Waals surface area contributed by atoms with E-state index in [2.05, 4.69) is 5.32 Å². The first-order valence-electron chi connectivity index (χ1n) is 9.89. The third kappa shape index (κ3) is 5.01. The van der Waals surface area contributed by atoms with Crippen LogP contribution in [0.5, 0.6) is 5.75 Å². The second-order valence-corrected chi connectivity index (χ2v) is 10.3. The predicted molar refractivity (Wildman–Crippen MR) is 121 cm³/mol. The van der Waals surface area contributed by atoms with Crippen LogP contribution in [0.1, 0.15) is 39.7 Å². The molecule has 0 radical (unpaired) electrons. The molecular weight excluding hydrogens is 440 g/mol. The maximum Gasteiger partial charge on any atom is 0.341 e. The van der Waals surface area contributed by atoms with Crippen LogP contribution in [0.15, 0.2) is 18.2 Å². The molecule has 1 aromatic carbocycles. The number of amides is 1. The molecule has 2 aromatic rings. The van der Waals surface area contributed by atoms with Crippen molar-refractivity contribution in [2.45, 2.75) is 33.1 Å². The normalized spacial score (nSPS) is 12.9. The molecule has 1 aliphatic carbocycles. The molecule has 10 heteroatoms. The van der Waals surface area contributed by atoms with E-state index in [1.54, 1.807) is 25.1 Å². The van der Waals surface area contributed by atoms with Gasteiger partial charge in [-0.15, -0.1) is 11.3 Å². The van der Waals surface area contributed by atoms with E-state index >= 15 is 0 Å². The van der Waals surface area contributed by atoms with Crippen molar-refractivity contribution in [1.29, 1.82) is 0 Å². The van der Waals surface area contributed by atoms with Crippen molar-refractivity contribution in [3.63, 3.8) is 0 Å². The minimum Gasteiger partial charge on any atom is -0.495 e. The van der Waals surface area contributed by atoms with Crippen LogP contribution >= 0.6 is 11.3 Å². The number of anilines is 2. The number of nitrogens with zero attached hydrogens (tertiary/aromatic N) is 1. The fourth-order valence-corrected chi connectivity index (χ4v) is 5.73. The lowest BCUT2D eigenvalue weighted by Crippen LogP contribution is -2.37. The number of hydrogen-bond acceptors (Lipinski definition) is 7. The highest BCUT2D eigenvalue weighted by atomic mass is 32.2. The monoisotopic (exact) mass is 466 g/mol. The van der Waals surface area contributed by atoms with E-state index < -0.39 is 28.4 Å². The summed E-state index contributed by atoms with van der Waals surface area (Å²) >= 11 is 1.35. The fourth-order valence-electron chi connectivity index (χ4n) is 3.58. The first-order chi connectivity index (χ1) is 14.7. The van der Waals surface area contributed by atoms with Crippen LogP contribution in [0.2, 0.25) is 0 Å². The Kier molecular flexibility index (Phi) is 6.90. The molecule has 0 aliphatic heterocycles. The molecule has 0 saturated carbocycles. The molecule has 0 saturated heterocycles. The Hall–Kier alpha value is -2.59. The molecule has 1 N–H and O–H groups in total. The Morgan fingerprint density at radius 1 is 1.26 bits per heavy atom. The number of aryl methyl sites for hydroxylation is 2. The van der Waals surface area contributed by atoms with Crippen molar-refractivity contribution in [1.82, 2.24) is 0 Å². The minimum atomic E-state index is -3.78. The highest BCUT2D eigenvalue weighted by Crippen LogP contribution is 2.39. The first-order valence-corrected chi connectivity index (χ1v) is 12.6. The van der Waals surface area contributed by atoms with Crippen molar-refractivity contribution < 1.29 is 27.5 Å². The quantitative estimate of drug-likeness (QED) is 0.600. The third-order valence-corrected chi connectivity index (χ3v) is 7.28. The number of ether oxygens (including phenoxy) is 2. The number of rotatable bonds is 8. The zero-order chi connectivity index (χ0) is 22.8. The number of carbonyl (C=O) groups excluding carboxylic acids is 2. The van der Waals surface area contributed by atoms with E-state index in [1.165, 1.54) is 18.4 Å². The minimum absolute atomic E-state index is 0.228. The third-order valence-electron chi connectivity index (χ3n) is 4.94. The SMILES string of the molecule is CCOC(=O)c1c(NC(=O)CN(c2cc(C)ccc2OC)S(C)(=O)=O)sc2c1CCC2. The second kappa shape index (κ2) is 9.27. The van der Waals surface area contributed by atoms with E-state index in [9.17, 15) is 18.0 Å². The summed E-state index contributed by atoms with van der Waals surface area (Å²) in [5, 5.41) is 3.14. The van der Waals surface area contributed by atoms with Crippen molar-refractivity contribution in [3.8, 4) is 5.75 Å². The van der Waals surface area contributed by atoms with Crippen LogP contribution in [0.25, 0.3) is 0 Å². The summed E-state index contributed by atoms with van der Waals surface area (Å²) in [6.07, 6.45) is 3.59. The average molecular weight is 467 g/mol. The van der Waals surface area contributed by atoms with Crippen LogP contribution in [0.4, 0.5) is 10.7 Å². The van der Waals surface area contributed by atoms with Gasteiger partial charge in [0.25, 0.3) is 0 Å². The van der Waals surface area contributed by atoms with Gasteiger partial charge in [0.15, 0.2) is 0 Å². The number of sulfonamides is 1. The van der Waals surface area contributed by atoms with Gasteiger partial charge in [0.05, 0.1) is 31.2 Å². The van der Waals surface area contributed by atoms with E-state index in [-0.39, 0.29) is 12.3 Å². The summed E-state index contributed by atoms with van der Waals surface area (Å²) in [5.41, 5.74) is 2.40. The van der Waals surface area contributed by atoms with Crippen molar-refractivity contribution >= 4 is 43.9 Å². The Morgan fingerprint density at radius 3 is 2.65 bits per heavy atom. The van der Waals surface area contributed by atoms with E-state index in [0.29, 0.717) is 16.3 Å². The number of nitrogens with one attached hydrogen (secondary N) is 1.